The van der Waals surface area contributed by atoms with Gasteiger partial charge in [-0.2, -0.15) is 18.4 Å². The molecule has 0 spiro atoms. The minimum Gasteiger partial charge on any atom is -0.462 e. The van der Waals surface area contributed by atoms with Gasteiger partial charge in [-0.15, -0.1) is 11.6 Å². The average Bonchev–Trinajstić information content (AvgIpc) is 2.36. The molecule has 1 aromatic carbocycles. The van der Waals surface area contributed by atoms with Gasteiger partial charge in [0.15, 0.2) is 0 Å². The van der Waals surface area contributed by atoms with Crippen LogP contribution in [0.5, 0.6) is 0 Å². The van der Waals surface area contributed by atoms with Gasteiger partial charge in [0.2, 0.25) is 0 Å². The van der Waals surface area contributed by atoms with E-state index < -0.39 is 23.3 Å². The fraction of sp³-hybridized carbons (Fsp3) is 0.333. The molecule has 102 valence electrons. The summed E-state index contributed by atoms with van der Waals surface area (Å²) >= 11 is 5.57. The Balaban J connectivity index is 3.47. The zero-order chi connectivity index (χ0) is 14.6. The van der Waals surface area contributed by atoms with Crippen molar-refractivity contribution >= 4 is 17.6 Å². The maximum absolute atomic E-state index is 12.8. The predicted octanol–water partition coefficient (Wildman–Crippen LogP) is 3.49. The highest BCUT2D eigenvalue weighted by Crippen LogP contribution is 2.34. The summed E-state index contributed by atoms with van der Waals surface area (Å²) in [6.07, 6.45) is -4.73. The zero-order valence-corrected chi connectivity index (χ0v) is 10.6. The van der Waals surface area contributed by atoms with Gasteiger partial charge in [0, 0.05) is 5.88 Å². The number of nitriles is 1. The lowest BCUT2D eigenvalue weighted by Crippen LogP contribution is -2.14. The quantitative estimate of drug-likeness (QED) is 0.632. The minimum absolute atomic E-state index is 0.0297. The van der Waals surface area contributed by atoms with Gasteiger partial charge in [-0.05, 0) is 24.6 Å². The number of halogens is 4. The summed E-state index contributed by atoms with van der Waals surface area (Å²) in [7, 11) is 0. The molecule has 0 atom stereocenters. The van der Waals surface area contributed by atoms with Gasteiger partial charge in [-0.3, -0.25) is 0 Å². The van der Waals surface area contributed by atoms with Crippen molar-refractivity contribution < 1.29 is 22.7 Å². The van der Waals surface area contributed by atoms with Crippen LogP contribution in [0.15, 0.2) is 12.1 Å². The molecule has 7 heteroatoms. The van der Waals surface area contributed by atoms with E-state index in [1.54, 1.807) is 0 Å². The van der Waals surface area contributed by atoms with Gasteiger partial charge in [-0.1, -0.05) is 0 Å². The molecular weight excluding hydrogens is 283 g/mol. The number of rotatable bonds is 3. The van der Waals surface area contributed by atoms with Gasteiger partial charge in [0.25, 0.3) is 0 Å². The molecule has 19 heavy (non-hydrogen) atoms. The Bertz CT molecular complexity index is 535. The number of carbonyl (C=O) groups is 1. The topological polar surface area (TPSA) is 50.1 Å². The number of hydrogen-bond acceptors (Lipinski definition) is 3. The monoisotopic (exact) mass is 291 g/mol. The van der Waals surface area contributed by atoms with Crippen molar-refractivity contribution in [1.82, 2.24) is 0 Å². The fourth-order valence-electron chi connectivity index (χ4n) is 1.48. The van der Waals surface area contributed by atoms with Crippen LogP contribution in [0.4, 0.5) is 13.2 Å². The highest BCUT2D eigenvalue weighted by atomic mass is 35.5. The van der Waals surface area contributed by atoms with Crippen LogP contribution in [0.2, 0.25) is 0 Å². The van der Waals surface area contributed by atoms with Crippen LogP contribution < -0.4 is 0 Å². The van der Waals surface area contributed by atoms with E-state index in [9.17, 15) is 18.0 Å². The summed E-state index contributed by atoms with van der Waals surface area (Å²) in [5.41, 5.74) is -1.89. The van der Waals surface area contributed by atoms with Crippen LogP contribution >= 0.6 is 11.6 Å². The number of benzene rings is 1. The molecule has 3 nitrogen and oxygen atoms in total. The lowest BCUT2D eigenvalue weighted by atomic mass is 9.99. The largest absolute Gasteiger partial charge is 0.462 e. The van der Waals surface area contributed by atoms with E-state index in [1.807, 2.05) is 0 Å². The summed E-state index contributed by atoms with van der Waals surface area (Å²) < 4.78 is 43.0. The number of nitrogens with zero attached hydrogens (tertiary/aromatic N) is 1. The SMILES string of the molecule is CCOC(=O)c1cc(C(F)(F)F)c(C#N)cc1CCl. The van der Waals surface area contributed by atoms with Gasteiger partial charge < -0.3 is 4.74 Å². The molecule has 0 fully saturated rings. The van der Waals surface area contributed by atoms with Crippen LogP contribution in [0.1, 0.15) is 34.0 Å². The zero-order valence-electron chi connectivity index (χ0n) is 9.84. The third-order valence-electron chi connectivity index (χ3n) is 2.31. The molecule has 0 unspecified atom stereocenters. The normalized spacial score (nSPS) is 10.9. The van der Waals surface area contributed by atoms with Crippen molar-refractivity contribution in [2.75, 3.05) is 6.61 Å². The summed E-state index contributed by atoms with van der Waals surface area (Å²) in [5, 5.41) is 8.73. The van der Waals surface area contributed by atoms with E-state index in [2.05, 4.69) is 4.74 Å². The summed E-state index contributed by atoms with van der Waals surface area (Å²) in [6, 6.07) is 3.01. The molecular formula is C12H9ClF3NO2. The maximum Gasteiger partial charge on any atom is 0.417 e. The molecule has 0 amide bonds. The maximum atomic E-state index is 12.8. The van der Waals surface area contributed by atoms with E-state index in [0.29, 0.717) is 6.07 Å². The van der Waals surface area contributed by atoms with Gasteiger partial charge in [0.05, 0.1) is 29.4 Å². The number of carbonyl (C=O) groups excluding carboxylic acids is 1. The molecule has 1 aromatic rings. The van der Waals surface area contributed by atoms with Crippen LogP contribution in [-0.2, 0) is 16.8 Å². The van der Waals surface area contributed by atoms with Crippen molar-refractivity contribution in [3.05, 3.63) is 34.4 Å². The standard InChI is InChI=1S/C12H9ClF3NO2/c1-2-19-11(18)9-4-10(12(14,15)16)8(6-17)3-7(9)5-13/h3-4H,2,5H2,1H3. The van der Waals surface area contributed by atoms with Crippen LogP contribution in [-0.4, -0.2) is 12.6 Å². The van der Waals surface area contributed by atoms with Crippen molar-refractivity contribution in [2.24, 2.45) is 0 Å². The third kappa shape index (κ3) is 3.38. The molecule has 0 saturated heterocycles. The highest BCUT2D eigenvalue weighted by molar-refractivity contribution is 6.17. The lowest BCUT2D eigenvalue weighted by molar-refractivity contribution is -0.137. The second-order valence-corrected chi connectivity index (χ2v) is 3.79. The molecule has 1 rings (SSSR count). The number of esters is 1. The fourth-order valence-corrected chi connectivity index (χ4v) is 1.70. The molecule has 0 heterocycles. The molecule has 0 aliphatic heterocycles. The van der Waals surface area contributed by atoms with Crippen LogP contribution in [0, 0.1) is 11.3 Å². The average molecular weight is 292 g/mol. The molecule has 0 radical (unpaired) electrons. The van der Waals surface area contributed by atoms with Crippen molar-refractivity contribution in [3.8, 4) is 6.07 Å². The highest BCUT2D eigenvalue weighted by Gasteiger charge is 2.35. The third-order valence-corrected chi connectivity index (χ3v) is 2.60. The first-order valence-electron chi connectivity index (χ1n) is 5.22. The van der Waals surface area contributed by atoms with E-state index in [1.165, 1.54) is 13.0 Å². The molecule has 0 bridgehead atoms. The first-order chi connectivity index (χ1) is 8.85. The Kier molecular flexibility index (Phi) is 4.78. The van der Waals surface area contributed by atoms with Gasteiger partial charge in [0.1, 0.15) is 0 Å². The number of hydrogen-bond donors (Lipinski definition) is 0. The van der Waals surface area contributed by atoms with Gasteiger partial charge >= 0.3 is 12.1 Å². The van der Waals surface area contributed by atoms with E-state index in [4.69, 9.17) is 16.9 Å². The predicted molar refractivity (Wildman–Crippen MR) is 61.7 cm³/mol. The van der Waals surface area contributed by atoms with Crippen molar-refractivity contribution in [3.63, 3.8) is 0 Å². The Morgan fingerprint density at radius 1 is 1.47 bits per heavy atom. The van der Waals surface area contributed by atoms with E-state index in [-0.39, 0.29) is 23.6 Å². The summed E-state index contributed by atoms with van der Waals surface area (Å²) in [5.74, 6) is -1.09. The van der Waals surface area contributed by atoms with E-state index >= 15 is 0 Å². The van der Waals surface area contributed by atoms with Crippen molar-refractivity contribution in [1.29, 1.82) is 5.26 Å². The molecule has 0 saturated carbocycles. The van der Waals surface area contributed by atoms with E-state index in [0.717, 1.165) is 6.07 Å². The Hall–Kier alpha value is -1.74. The Morgan fingerprint density at radius 2 is 2.11 bits per heavy atom. The second kappa shape index (κ2) is 5.93. The molecule has 0 aromatic heterocycles. The summed E-state index contributed by atoms with van der Waals surface area (Å²) in [4.78, 5) is 11.6. The number of alkyl halides is 4. The van der Waals surface area contributed by atoms with Gasteiger partial charge in [-0.25, -0.2) is 4.79 Å². The van der Waals surface area contributed by atoms with Crippen LogP contribution in [0.25, 0.3) is 0 Å². The van der Waals surface area contributed by atoms with Crippen LogP contribution in [0.3, 0.4) is 0 Å². The van der Waals surface area contributed by atoms with Crippen molar-refractivity contribution in [2.45, 2.75) is 19.0 Å². The first-order valence-corrected chi connectivity index (χ1v) is 5.75. The second-order valence-electron chi connectivity index (χ2n) is 3.52. The number of ether oxygens (including phenoxy) is 1. The molecule has 0 aliphatic carbocycles. The molecule has 0 N–H and O–H groups in total. The Morgan fingerprint density at radius 3 is 2.53 bits per heavy atom. The Labute approximate surface area is 112 Å². The smallest absolute Gasteiger partial charge is 0.417 e. The summed E-state index contributed by atoms with van der Waals surface area (Å²) in [6.45, 7) is 1.56. The lowest BCUT2D eigenvalue weighted by Gasteiger charge is -2.13. The molecule has 0 aliphatic rings. The first kappa shape index (κ1) is 15.3. The minimum atomic E-state index is -4.73.